The summed E-state index contributed by atoms with van der Waals surface area (Å²) in [6.45, 7) is 3.57. The molecule has 2 amide bonds. The van der Waals surface area contributed by atoms with Crippen molar-refractivity contribution in [3.05, 3.63) is 53.3 Å². The second-order valence-corrected chi connectivity index (χ2v) is 4.82. The molecule has 5 N–H and O–H groups in total. The van der Waals surface area contributed by atoms with Gasteiger partial charge in [-0.05, 0) is 49.2 Å². The number of hydrogen-bond donors (Lipinski definition) is 3. The van der Waals surface area contributed by atoms with Gasteiger partial charge in [-0.1, -0.05) is 12.1 Å². The highest BCUT2D eigenvalue weighted by Gasteiger charge is 2.20. The third kappa shape index (κ3) is 3.22. The van der Waals surface area contributed by atoms with E-state index in [1.54, 1.807) is 19.1 Å². The molecule has 0 radical (unpaired) electrons. The number of primary amides is 1. The summed E-state index contributed by atoms with van der Waals surface area (Å²) in [5.41, 5.74) is 16.2. The minimum Gasteiger partial charge on any atom is -0.399 e. The van der Waals surface area contributed by atoms with Crippen molar-refractivity contribution >= 4 is 23.1 Å². The van der Waals surface area contributed by atoms with Crippen molar-refractivity contribution in [3.8, 4) is 0 Å². The number of halogens is 1. The van der Waals surface area contributed by atoms with Crippen molar-refractivity contribution in [1.29, 1.82) is 0 Å². The van der Waals surface area contributed by atoms with Gasteiger partial charge in [0.2, 0.25) is 0 Å². The molecule has 0 saturated heterocycles. The van der Waals surface area contributed by atoms with Gasteiger partial charge in [0.05, 0.1) is 5.69 Å². The topological polar surface area (TPSA) is 84.4 Å². The molecule has 2 rings (SSSR count). The number of carbonyl (C=O) groups excluding carboxylic acids is 1. The van der Waals surface area contributed by atoms with Crippen LogP contribution in [0.15, 0.2) is 36.4 Å². The maximum absolute atomic E-state index is 14.1. The average molecular weight is 288 g/mol. The molecule has 0 aliphatic carbocycles. The van der Waals surface area contributed by atoms with Crippen molar-refractivity contribution in [1.82, 2.24) is 0 Å². The maximum atomic E-state index is 14.1. The highest BCUT2D eigenvalue weighted by molar-refractivity contribution is 5.94. The standard InChI is InChI=1S/C15H17FN4O/c1-9-4-3-5-12(6-9)19-20(15(18)21)14-10(2)7-11(17)8-13(14)16/h3-8,19H,17H2,1-2H3,(H2,18,21). The van der Waals surface area contributed by atoms with Crippen molar-refractivity contribution in [2.45, 2.75) is 13.8 Å². The summed E-state index contributed by atoms with van der Waals surface area (Å²) in [7, 11) is 0. The van der Waals surface area contributed by atoms with Crippen LogP contribution in [0.4, 0.5) is 26.2 Å². The Morgan fingerprint density at radius 3 is 2.52 bits per heavy atom. The minimum absolute atomic E-state index is 0.0539. The van der Waals surface area contributed by atoms with Crippen LogP contribution in [0.3, 0.4) is 0 Å². The predicted molar refractivity (Wildman–Crippen MR) is 82.4 cm³/mol. The zero-order chi connectivity index (χ0) is 15.6. The van der Waals surface area contributed by atoms with E-state index in [2.05, 4.69) is 5.43 Å². The van der Waals surface area contributed by atoms with Gasteiger partial charge in [0.25, 0.3) is 0 Å². The number of nitrogen functional groups attached to an aromatic ring is 1. The van der Waals surface area contributed by atoms with Crippen LogP contribution < -0.4 is 21.9 Å². The van der Waals surface area contributed by atoms with E-state index < -0.39 is 11.8 Å². The Kier molecular flexibility index (Phi) is 3.98. The van der Waals surface area contributed by atoms with Crippen LogP contribution in [0, 0.1) is 19.7 Å². The molecule has 0 atom stereocenters. The molecule has 2 aromatic rings. The number of nitrogens with one attached hydrogen (secondary N) is 1. The predicted octanol–water partition coefficient (Wildman–Crippen LogP) is 2.94. The molecule has 0 bridgehead atoms. The molecule has 2 aromatic carbocycles. The van der Waals surface area contributed by atoms with E-state index in [4.69, 9.17) is 11.5 Å². The Labute approximate surface area is 122 Å². The first kappa shape index (κ1) is 14.6. The van der Waals surface area contributed by atoms with Crippen LogP contribution >= 0.6 is 0 Å². The fourth-order valence-electron chi connectivity index (χ4n) is 2.11. The smallest absolute Gasteiger partial charge is 0.338 e. The Balaban J connectivity index is 2.43. The van der Waals surface area contributed by atoms with E-state index >= 15 is 0 Å². The summed E-state index contributed by atoms with van der Waals surface area (Å²) in [5.74, 6) is -0.619. The maximum Gasteiger partial charge on any atom is 0.338 e. The van der Waals surface area contributed by atoms with E-state index in [1.165, 1.54) is 0 Å². The lowest BCUT2D eigenvalue weighted by atomic mass is 10.1. The number of anilines is 3. The van der Waals surface area contributed by atoms with Gasteiger partial charge in [-0.25, -0.2) is 14.2 Å². The van der Waals surface area contributed by atoms with Crippen LogP contribution in [0.1, 0.15) is 11.1 Å². The molecular formula is C15H17FN4O. The SMILES string of the molecule is Cc1cccc(NN(C(N)=O)c2c(C)cc(N)cc2F)c1. The fourth-order valence-corrected chi connectivity index (χ4v) is 2.11. The van der Waals surface area contributed by atoms with Gasteiger partial charge in [0.15, 0.2) is 5.82 Å². The molecule has 0 aliphatic heterocycles. The lowest BCUT2D eigenvalue weighted by Crippen LogP contribution is -2.41. The molecule has 0 saturated carbocycles. The first-order valence-corrected chi connectivity index (χ1v) is 6.37. The van der Waals surface area contributed by atoms with Crippen LogP contribution in [-0.2, 0) is 0 Å². The van der Waals surface area contributed by atoms with Gasteiger partial charge in [-0.15, -0.1) is 0 Å². The largest absolute Gasteiger partial charge is 0.399 e. The minimum atomic E-state index is -0.816. The zero-order valence-electron chi connectivity index (χ0n) is 11.9. The van der Waals surface area contributed by atoms with Gasteiger partial charge in [-0.2, -0.15) is 0 Å². The average Bonchev–Trinajstić information content (AvgIpc) is 2.36. The third-order valence-corrected chi connectivity index (χ3v) is 2.98. The Morgan fingerprint density at radius 1 is 1.24 bits per heavy atom. The van der Waals surface area contributed by atoms with Crippen molar-refractivity contribution in [2.75, 3.05) is 16.2 Å². The number of aryl methyl sites for hydroxylation is 2. The summed E-state index contributed by atoms with van der Waals surface area (Å²) in [5, 5.41) is 0.971. The number of rotatable bonds is 3. The molecule has 21 heavy (non-hydrogen) atoms. The van der Waals surface area contributed by atoms with Gasteiger partial charge >= 0.3 is 6.03 Å². The van der Waals surface area contributed by atoms with Crippen LogP contribution in [0.2, 0.25) is 0 Å². The number of hydrazine groups is 1. The summed E-state index contributed by atoms with van der Waals surface area (Å²) >= 11 is 0. The Morgan fingerprint density at radius 2 is 1.95 bits per heavy atom. The van der Waals surface area contributed by atoms with Gasteiger partial charge < -0.3 is 11.5 Å². The van der Waals surface area contributed by atoms with Crippen molar-refractivity contribution < 1.29 is 9.18 Å². The molecule has 6 heteroatoms. The molecule has 0 fully saturated rings. The van der Waals surface area contributed by atoms with Crippen LogP contribution in [0.25, 0.3) is 0 Å². The third-order valence-electron chi connectivity index (χ3n) is 2.98. The van der Waals surface area contributed by atoms with E-state index in [9.17, 15) is 9.18 Å². The van der Waals surface area contributed by atoms with Crippen LogP contribution in [-0.4, -0.2) is 6.03 Å². The second kappa shape index (κ2) is 5.70. The van der Waals surface area contributed by atoms with E-state index in [0.29, 0.717) is 11.3 Å². The molecular weight excluding hydrogens is 271 g/mol. The lowest BCUT2D eigenvalue weighted by Gasteiger charge is -2.24. The molecule has 0 heterocycles. The first-order chi connectivity index (χ1) is 9.88. The van der Waals surface area contributed by atoms with Gasteiger partial charge in [0.1, 0.15) is 5.69 Å². The number of benzene rings is 2. The lowest BCUT2D eigenvalue weighted by molar-refractivity contribution is 0.255. The van der Waals surface area contributed by atoms with E-state index in [0.717, 1.165) is 16.6 Å². The van der Waals surface area contributed by atoms with Gasteiger partial charge in [-0.3, -0.25) is 5.43 Å². The van der Waals surface area contributed by atoms with Gasteiger partial charge in [0, 0.05) is 5.69 Å². The van der Waals surface area contributed by atoms with E-state index in [-0.39, 0.29) is 11.4 Å². The number of carbonyl (C=O) groups is 1. The molecule has 0 unspecified atom stereocenters. The van der Waals surface area contributed by atoms with E-state index in [1.807, 2.05) is 25.1 Å². The first-order valence-electron chi connectivity index (χ1n) is 6.37. The number of urea groups is 1. The molecule has 110 valence electrons. The summed E-state index contributed by atoms with van der Waals surface area (Å²) < 4.78 is 14.1. The number of nitrogens with two attached hydrogens (primary N) is 2. The normalized spacial score (nSPS) is 10.2. The fraction of sp³-hybridized carbons (Fsp3) is 0.133. The highest BCUT2D eigenvalue weighted by Crippen LogP contribution is 2.27. The zero-order valence-corrected chi connectivity index (χ0v) is 11.9. The quantitative estimate of drug-likeness (QED) is 0.599. The number of amides is 2. The van der Waals surface area contributed by atoms with Crippen molar-refractivity contribution in [2.24, 2.45) is 5.73 Å². The second-order valence-electron chi connectivity index (χ2n) is 4.82. The van der Waals surface area contributed by atoms with Crippen molar-refractivity contribution in [3.63, 3.8) is 0 Å². The summed E-state index contributed by atoms with van der Waals surface area (Å²) in [6.07, 6.45) is 0. The summed E-state index contributed by atoms with van der Waals surface area (Å²) in [4.78, 5) is 11.7. The highest BCUT2D eigenvalue weighted by atomic mass is 19.1. The Hall–Kier alpha value is -2.76. The molecule has 0 aliphatic rings. The number of hydrogen-bond acceptors (Lipinski definition) is 3. The van der Waals surface area contributed by atoms with Crippen LogP contribution in [0.5, 0.6) is 0 Å². The Bertz CT molecular complexity index is 664. The monoisotopic (exact) mass is 288 g/mol. The molecule has 0 aromatic heterocycles. The molecule has 0 spiro atoms. The number of nitrogens with zero attached hydrogens (tertiary/aromatic N) is 1. The summed E-state index contributed by atoms with van der Waals surface area (Å²) in [6, 6.07) is 9.22. The molecule has 5 nitrogen and oxygen atoms in total.